The Morgan fingerprint density at radius 2 is 1.91 bits per heavy atom. The summed E-state index contributed by atoms with van der Waals surface area (Å²) in [5, 5.41) is 20.5. The topological polar surface area (TPSA) is 106 Å². The largest absolute Gasteiger partial charge is 0.394 e. The summed E-state index contributed by atoms with van der Waals surface area (Å²) in [4.78, 5) is 26.7. The second-order valence-electron chi connectivity index (χ2n) is 4.76. The van der Waals surface area contributed by atoms with E-state index in [1.165, 1.54) is 13.1 Å². The molecule has 2 N–H and O–H groups in total. The van der Waals surface area contributed by atoms with Gasteiger partial charge in [0.25, 0.3) is 5.91 Å². The Bertz CT molecular complexity index is 450. The van der Waals surface area contributed by atoms with Crippen molar-refractivity contribution in [2.24, 2.45) is 0 Å². The van der Waals surface area contributed by atoms with Gasteiger partial charge in [0.05, 0.1) is 19.8 Å². The van der Waals surface area contributed by atoms with Gasteiger partial charge in [0.1, 0.15) is 11.6 Å². The molecule has 8 nitrogen and oxygen atoms in total. The van der Waals surface area contributed by atoms with Gasteiger partial charge in [-0.25, -0.2) is 0 Å². The zero-order chi connectivity index (χ0) is 16.4. The van der Waals surface area contributed by atoms with Crippen LogP contribution in [0.2, 0.25) is 0 Å². The molecule has 0 aromatic carbocycles. The molecule has 0 saturated carbocycles. The zero-order valence-corrected chi connectivity index (χ0v) is 12.7. The first kappa shape index (κ1) is 17.9. The van der Waals surface area contributed by atoms with Crippen molar-refractivity contribution in [3.8, 4) is 6.07 Å². The molecule has 0 aromatic heterocycles. The summed E-state index contributed by atoms with van der Waals surface area (Å²) in [6.07, 6.45) is 1.38. The number of rotatable bonds is 7. The number of nitriles is 1. The third kappa shape index (κ3) is 5.71. The molecular weight excluding hydrogens is 288 g/mol. The summed E-state index contributed by atoms with van der Waals surface area (Å²) in [6, 6.07) is 1.88. The summed E-state index contributed by atoms with van der Waals surface area (Å²) in [5.41, 5.74) is 0.0263. The molecule has 22 heavy (non-hydrogen) atoms. The minimum absolute atomic E-state index is 0.00677. The van der Waals surface area contributed by atoms with Crippen LogP contribution in [0.15, 0.2) is 11.8 Å². The minimum atomic E-state index is -0.338. The highest BCUT2D eigenvalue weighted by Crippen LogP contribution is 2.06. The second kappa shape index (κ2) is 9.76. The maximum Gasteiger partial charge on any atom is 0.266 e. The summed E-state index contributed by atoms with van der Waals surface area (Å²) < 4.78 is 5.05. The molecule has 1 rings (SSSR count). The number of hydrogen-bond acceptors (Lipinski definition) is 6. The van der Waals surface area contributed by atoms with Crippen LogP contribution in [0.4, 0.5) is 0 Å². The third-order valence-corrected chi connectivity index (χ3v) is 3.24. The molecule has 0 aromatic rings. The standard InChI is InChI=1S/C14H22N4O4/c1-12(20)17-3-5-18(6-4-17)14(21)13(10-15)11-16-2-8-22-9-7-19/h11,16,19H,2-9H2,1H3/b13-11-. The number of piperazine rings is 1. The number of carbonyl (C=O) groups excluding carboxylic acids is 2. The lowest BCUT2D eigenvalue weighted by atomic mass is 10.2. The van der Waals surface area contributed by atoms with E-state index >= 15 is 0 Å². The predicted molar refractivity (Wildman–Crippen MR) is 78.4 cm³/mol. The van der Waals surface area contributed by atoms with E-state index in [0.29, 0.717) is 39.3 Å². The fourth-order valence-electron chi connectivity index (χ4n) is 2.01. The van der Waals surface area contributed by atoms with Crippen LogP contribution in [0.1, 0.15) is 6.92 Å². The molecule has 1 aliphatic rings. The van der Waals surface area contributed by atoms with Gasteiger partial charge in [-0.05, 0) is 0 Å². The number of nitrogens with zero attached hydrogens (tertiary/aromatic N) is 3. The van der Waals surface area contributed by atoms with Crippen LogP contribution in [-0.2, 0) is 14.3 Å². The Labute approximate surface area is 129 Å². The van der Waals surface area contributed by atoms with Gasteiger partial charge in [-0.15, -0.1) is 0 Å². The van der Waals surface area contributed by atoms with E-state index in [-0.39, 0.29) is 30.6 Å². The van der Waals surface area contributed by atoms with Gasteiger partial charge in [-0.3, -0.25) is 9.59 Å². The van der Waals surface area contributed by atoms with Crippen molar-refractivity contribution in [2.75, 3.05) is 52.5 Å². The Hall–Kier alpha value is -2.11. The fourth-order valence-corrected chi connectivity index (χ4v) is 2.01. The van der Waals surface area contributed by atoms with Gasteiger partial charge in [0.15, 0.2) is 0 Å². The number of nitrogens with one attached hydrogen (secondary N) is 1. The van der Waals surface area contributed by atoms with Crippen molar-refractivity contribution in [3.05, 3.63) is 11.8 Å². The van der Waals surface area contributed by atoms with E-state index in [2.05, 4.69) is 5.32 Å². The Morgan fingerprint density at radius 1 is 1.27 bits per heavy atom. The molecule has 1 saturated heterocycles. The van der Waals surface area contributed by atoms with Crippen LogP contribution in [-0.4, -0.2) is 79.3 Å². The lowest BCUT2D eigenvalue weighted by Crippen LogP contribution is -2.50. The van der Waals surface area contributed by atoms with E-state index in [4.69, 9.17) is 15.1 Å². The molecular formula is C14H22N4O4. The van der Waals surface area contributed by atoms with Crippen molar-refractivity contribution in [2.45, 2.75) is 6.92 Å². The lowest BCUT2D eigenvalue weighted by molar-refractivity contribution is -0.136. The predicted octanol–water partition coefficient (Wildman–Crippen LogP) is -1.32. The van der Waals surface area contributed by atoms with Gasteiger partial charge in [-0.1, -0.05) is 0 Å². The molecule has 2 amide bonds. The van der Waals surface area contributed by atoms with E-state index in [9.17, 15) is 9.59 Å². The maximum absolute atomic E-state index is 12.2. The van der Waals surface area contributed by atoms with Gasteiger partial charge in [0.2, 0.25) is 5.91 Å². The maximum atomic E-state index is 12.2. The van der Waals surface area contributed by atoms with Crippen molar-refractivity contribution >= 4 is 11.8 Å². The first-order chi connectivity index (χ1) is 10.6. The van der Waals surface area contributed by atoms with Gasteiger partial charge >= 0.3 is 0 Å². The van der Waals surface area contributed by atoms with Crippen molar-refractivity contribution in [1.29, 1.82) is 5.26 Å². The Kier molecular flexibility index (Phi) is 7.96. The van der Waals surface area contributed by atoms with Crippen LogP contribution >= 0.6 is 0 Å². The molecule has 0 spiro atoms. The number of aliphatic hydroxyl groups excluding tert-OH is 1. The quantitative estimate of drug-likeness (QED) is 0.343. The van der Waals surface area contributed by atoms with E-state index in [0.717, 1.165) is 0 Å². The first-order valence-corrected chi connectivity index (χ1v) is 7.17. The zero-order valence-electron chi connectivity index (χ0n) is 12.7. The monoisotopic (exact) mass is 310 g/mol. The molecule has 122 valence electrons. The van der Waals surface area contributed by atoms with Gasteiger partial charge in [0, 0.05) is 45.8 Å². The molecule has 1 heterocycles. The number of hydrogen-bond donors (Lipinski definition) is 2. The molecule has 0 atom stereocenters. The SMILES string of the molecule is CC(=O)N1CCN(C(=O)/C(C#N)=C\NCCOCCO)CC1. The van der Waals surface area contributed by atoms with Crippen LogP contribution in [0, 0.1) is 11.3 Å². The number of ether oxygens (including phenoxy) is 1. The van der Waals surface area contributed by atoms with Crippen LogP contribution in [0.5, 0.6) is 0 Å². The number of carbonyl (C=O) groups is 2. The smallest absolute Gasteiger partial charge is 0.266 e. The van der Waals surface area contributed by atoms with Crippen LogP contribution < -0.4 is 5.32 Å². The summed E-state index contributed by atoms with van der Waals surface area (Å²) in [7, 11) is 0. The molecule has 8 heteroatoms. The fraction of sp³-hybridized carbons (Fsp3) is 0.643. The highest BCUT2D eigenvalue weighted by Gasteiger charge is 2.24. The van der Waals surface area contributed by atoms with Crippen molar-refractivity contribution in [3.63, 3.8) is 0 Å². The Balaban J connectivity index is 2.41. The molecule has 0 bridgehead atoms. The normalized spacial score (nSPS) is 15.4. The minimum Gasteiger partial charge on any atom is -0.394 e. The van der Waals surface area contributed by atoms with Crippen LogP contribution in [0.3, 0.4) is 0 Å². The molecule has 0 aliphatic carbocycles. The molecule has 0 radical (unpaired) electrons. The lowest BCUT2D eigenvalue weighted by Gasteiger charge is -2.34. The molecule has 1 fully saturated rings. The van der Waals surface area contributed by atoms with Gasteiger partial charge < -0.3 is 25.0 Å². The van der Waals surface area contributed by atoms with Gasteiger partial charge in [-0.2, -0.15) is 5.26 Å². The van der Waals surface area contributed by atoms with Crippen molar-refractivity contribution in [1.82, 2.24) is 15.1 Å². The summed E-state index contributed by atoms with van der Waals surface area (Å²) in [5.74, 6) is -0.345. The average Bonchev–Trinajstić information content (AvgIpc) is 2.54. The average molecular weight is 310 g/mol. The molecule has 1 aliphatic heterocycles. The van der Waals surface area contributed by atoms with E-state index in [1.807, 2.05) is 6.07 Å². The first-order valence-electron chi connectivity index (χ1n) is 7.17. The number of aliphatic hydroxyl groups is 1. The highest BCUT2D eigenvalue weighted by atomic mass is 16.5. The Morgan fingerprint density at radius 3 is 2.45 bits per heavy atom. The van der Waals surface area contributed by atoms with Crippen LogP contribution in [0.25, 0.3) is 0 Å². The summed E-state index contributed by atoms with van der Waals surface area (Å²) >= 11 is 0. The van der Waals surface area contributed by atoms with Crippen molar-refractivity contribution < 1.29 is 19.4 Å². The third-order valence-electron chi connectivity index (χ3n) is 3.24. The van der Waals surface area contributed by atoms with E-state index in [1.54, 1.807) is 9.80 Å². The second-order valence-corrected chi connectivity index (χ2v) is 4.76. The van der Waals surface area contributed by atoms with E-state index < -0.39 is 0 Å². The highest BCUT2D eigenvalue weighted by molar-refractivity contribution is 5.97. The summed E-state index contributed by atoms with van der Waals surface area (Å²) in [6.45, 7) is 4.37. The molecule has 0 unspecified atom stereocenters. The number of amides is 2.